The van der Waals surface area contributed by atoms with Crippen molar-refractivity contribution in [3.05, 3.63) is 104 Å². The Kier molecular flexibility index (Phi) is 8.27. The molecule has 3 aliphatic carbocycles. The van der Waals surface area contributed by atoms with Gasteiger partial charge in [-0.1, -0.05) is 48.9 Å². The van der Waals surface area contributed by atoms with Gasteiger partial charge >= 0.3 is 0 Å². The van der Waals surface area contributed by atoms with Gasteiger partial charge in [0.25, 0.3) is 5.91 Å². The molecule has 46 heavy (non-hydrogen) atoms. The van der Waals surface area contributed by atoms with Gasteiger partial charge in [-0.3, -0.25) is 14.4 Å². The van der Waals surface area contributed by atoms with Gasteiger partial charge in [0.1, 0.15) is 22.8 Å². The molecule has 10 heteroatoms. The van der Waals surface area contributed by atoms with Gasteiger partial charge in [0, 0.05) is 29.5 Å². The number of aryl methyl sites for hydroxylation is 1. The number of fused-ring (bicyclic) bond motifs is 3. The molecule has 1 amide bonds. The van der Waals surface area contributed by atoms with Crippen LogP contribution in [0.4, 0.5) is 0 Å². The maximum Gasteiger partial charge on any atom is 0.255 e. The third-order valence-electron chi connectivity index (χ3n) is 9.63. The molecule has 0 saturated heterocycles. The lowest BCUT2D eigenvalue weighted by molar-refractivity contribution is -0.147. The molecule has 0 bridgehead atoms. The van der Waals surface area contributed by atoms with Crippen molar-refractivity contribution in [2.45, 2.75) is 51.2 Å². The second kappa shape index (κ2) is 12.1. The van der Waals surface area contributed by atoms with Gasteiger partial charge in [0.15, 0.2) is 11.4 Å². The first kappa shape index (κ1) is 31.5. The number of nitrogens with two attached hydrogens (primary N) is 1. The zero-order valence-electron chi connectivity index (χ0n) is 25.3. The van der Waals surface area contributed by atoms with Crippen molar-refractivity contribution < 1.29 is 34.8 Å². The normalized spacial score (nSPS) is 22.4. The quantitative estimate of drug-likeness (QED) is 0.152. The van der Waals surface area contributed by atoms with Crippen LogP contribution in [0.1, 0.15) is 47.6 Å². The minimum atomic E-state index is -2.59. The van der Waals surface area contributed by atoms with Crippen LogP contribution in [-0.2, 0) is 40.2 Å². The van der Waals surface area contributed by atoms with Crippen LogP contribution >= 0.6 is 11.6 Å². The Morgan fingerprint density at radius 3 is 2.41 bits per heavy atom. The summed E-state index contributed by atoms with van der Waals surface area (Å²) in [6.07, 6.45) is 1.54. The predicted molar refractivity (Wildman–Crippen MR) is 173 cm³/mol. The number of primary amides is 1. The molecule has 3 atom stereocenters. The number of aromatic hydroxyl groups is 1. The van der Waals surface area contributed by atoms with Crippen LogP contribution in [0.2, 0.25) is 5.02 Å². The van der Waals surface area contributed by atoms with Crippen molar-refractivity contribution in [2.24, 2.45) is 17.6 Å². The number of amides is 1. The minimum absolute atomic E-state index is 0.0796. The number of benzene rings is 3. The first-order valence-corrected chi connectivity index (χ1v) is 15.7. The number of hydrogen-bond donors (Lipinski definition) is 6. The van der Waals surface area contributed by atoms with Crippen LogP contribution in [0, 0.1) is 11.8 Å². The van der Waals surface area contributed by atoms with E-state index in [9.17, 15) is 34.8 Å². The van der Waals surface area contributed by atoms with Crippen LogP contribution in [0.15, 0.2) is 71.5 Å². The van der Waals surface area contributed by atoms with E-state index in [-0.39, 0.29) is 36.1 Å². The van der Waals surface area contributed by atoms with Gasteiger partial charge in [0.05, 0.1) is 5.56 Å². The first-order chi connectivity index (χ1) is 21.9. The summed E-state index contributed by atoms with van der Waals surface area (Å²) in [5.74, 6) is -6.44. The second-order valence-electron chi connectivity index (χ2n) is 12.3. The number of aliphatic hydroxyl groups excluding tert-OH is 2. The summed E-state index contributed by atoms with van der Waals surface area (Å²) < 4.78 is 0. The minimum Gasteiger partial charge on any atom is -0.508 e. The Balaban J connectivity index is 1.35. The number of halogens is 1. The van der Waals surface area contributed by atoms with Gasteiger partial charge in [-0.2, -0.15) is 0 Å². The highest BCUT2D eigenvalue weighted by atomic mass is 35.5. The highest BCUT2D eigenvalue weighted by molar-refractivity contribution is 6.30. The van der Waals surface area contributed by atoms with Crippen molar-refractivity contribution in [3.8, 4) is 16.9 Å². The number of hydrogen-bond acceptors (Lipinski definition) is 8. The van der Waals surface area contributed by atoms with E-state index in [2.05, 4.69) is 23.5 Å². The van der Waals surface area contributed by atoms with E-state index in [0.29, 0.717) is 17.1 Å². The topological polar surface area (TPSA) is 170 Å². The molecule has 0 heterocycles. The molecule has 3 aliphatic rings. The Bertz CT molecular complexity index is 1850. The number of Topliss-reactive ketones (excluding diaryl/α,β-unsaturated/α-hetero) is 2. The average Bonchev–Trinajstić information content (AvgIpc) is 3.02. The highest BCUT2D eigenvalue weighted by Crippen LogP contribution is 2.53. The molecule has 1 saturated carbocycles. The van der Waals surface area contributed by atoms with Crippen LogP contribution in [-0.4, -0.2) is 50.0 Å². The van der Waals surface area contributed by atoms with E-state index in [1.165, 1.54) is 11.6 Å². The molecule has 0 aliphatic heterocycles. The van der Waals surface area contributed by atoms with Crippen LogP contribution in [0.25, 0.3) is 16.9 Å². The monoisotopic (exact) mass is 642 g/mol. The van der Waals surface area contributed by atoms with Crippen LogP contribution in [0.5, 0.6) is 5.75 Å². The maximum absolute atomic E-state index is 13.8. The van der Waals surface area contributed by atoms with Crippen LogP contribution in [0.3, 0.4) is 0 Å². The fourth-order valence-corrected chi connectivity index (χ4v) is 7.41. The van der Waals surface area contributed by atoms with E-state index >= 15 is 0 Å². The number of phenolic OH excluding ortho intramolecular Hbond substituents is 1. The molecule has 3 aromatic carbocycles. The highest BCUT2D eigenvalue weighted by Gasteiger charge is 2.60. The van der Waals surface area contributed by atoms with E-state index < -0.39 is 52.0 Å². The summed E-state index contributed by atoms with van der Waals surface area (Å²) in [5.41, 5.74) is 7.48. The number of carbonyl (C=O) groups excluding carboxylic acids is 3. The largest absolute Gasteiger partial charge is 0.508 e. The number of ketones is 2. The lowest BCUT2D eigenvalue weighted by Crippen LogP contribution is -2.58. The van der Waals surface area contributed by atoms with E-state index in [1.54, 1.807) is 6.07 Å². The molecule has 0 radical (unpaired) electrons. The second-order valence-corrected chi connectivity index (χ2v) is 12.7. The molecule has 0 aromatic heterocycles. The fourth-order valence-electron chi connectivity index (χ4n) is 7.28. The standard InChI is InChI=1S/C36H35ClN2O7/c1-2-20-6-3-19(17-39-12-11-18-4-7-23(37)8-5-18)13-25(20)24-9-10-27(40)30-26(24)15-21-14-22-16-28(41)31(35(38)45)34(44)36(22,46)33(43)29(21)32(30)42/h3-10,13,21-22,39-40,42,44,46H,2,11-12,14-17H2,1H3,(H2,38,45)/t21-,22+,36+/m1/s1. The predicted octanol–water partition coefficient (Wildman–Crippen LogP) is 4.64. The Morgan fingerprint density at radius 2 is 1.72 bits per heavy atom. The smallest absolute Gasteiger partial charge is 0.255 e. The molecule has 1 fully saturated rings. The summed E-state index contributed by atoms with van der Waals surface area (Å²) in [7, 11) is 0. The number of phenols is 1. The fraction of sp³-hybridized carbons (Fsp3) is 0.306. The van der Waals surface area contributed by atoms with Crippen molar-refractivity contribution in [1.82, 2.24) is 5.32 Å². The Morgan fingerprint density at radius 1 is 1.00 bits per heavy atom. The maximum atomic E-state index is 13.8. The zero-order chi connectivity index (χ0) is 32.9. The molecule has 9 nitrogen and oxygen atoms in total. The van der Waals surface area contributed by atoms with Crippen molar-refractivity contribution >= 4 is 34.8 Å². The number of carbonyl (C=O) groups is 3. The molecular formula is C36H35ClN2O7. The van der Waals surface area contributed by atoms with Gasteiger partial charge in [-0.15, -0.1) is 0 Å². The van der Waals surface area contributed by atoms with Crippen molar-refractivity contribution in [2.75, 3.05) is 6.54 Å². The van der Waals surface area contributed by atoms with Gasteiger partial charge < -0.3 is 31.5 Å². The van der Waals surface area contributed by atoms with E-state index in [0.717, 1.165) is 41.6 Å². The van der Waals surface area contributed by atoms with E-state index in [4.69, 9.17) is 17.3 Å². The molecule has 0 unspecified atom stereocenters. The third kappa shape index (κ3) is 5.18. The van der Waals surface area contributed by atoms with Crippen molar-refractivity contribution in [1.29, 1.82) is 0 Å². The summed E-state index contributed by atoms with van der Waals surface area (Å²) in [6.45, 7) is 3.43. The lowest BCUT2D eigenvalue weighted by atomic mass is 9.59. The average molecular weight is 643 g/mol. The Hall–Kier alpha value is -4.44. The van der Waals surface area contributed by atoms with Gasteiger partial charge in [-0.05, 0) is 95.8 Å². The molecule has 238 valence electrons. The zero-order valence-corrected chi connectivity index (χ0v) is 26.0. The summed E-state index contributed by atoms with van der Waals surface area (Å²) in [6, 6.07) is 17.3. The molecule has 0 spiro atoms. The van der Waals surface area contributed by atoms with E-state index in [1.807, 2.05) is 31.2 Å². The van der Waals surface area contributed by atoms with Gasteiger partial charge in [-0.25, -0.2) is 0 Å². The SMILES string of the molecule is CCc1ccc(CNCCc2ccc(Cl)cc2)cc1-c1ccc(O)c2c1C[C@H]1C[C@H]3CC(=O)C(C(N)=O)=C(O)[C@@]3(O)C(=O)C1=C2O. The number of nitrogens with one attached hydrogen (secondary N) is 1. The van der Waals surface area contributed by atoms with Gasteiger partial charge in [0.2, 0.25) is 5.78 Å². The summed E-state index contributed by atoms with van der Waals surface area (Å²) in [5, 5.41) is 49.0. The molecule has 3 aromatic rings. The number of aliphatic hydroxyl groups is 3. The molecule has 6 rings (SSSR count). The third-order valence-corrected chi connectivity index (χ3v) is 9.88. The first-order valence-electron chi connectivity index (χ1n) is 15.3. The van der Waals surface area contributed by atoms with Crippen LogP contribution < -0.4 is 11.1 Å². The Labute approximate surface area is 271 Å². The molecule has 7 N–H and O–H groups in total. The number of rotatable bonds is 8. The van der Waals surface area contributed by atoms with Crippen molar-refractivity contribution in [3.63, 3.8) is 0 Å². The summed E-state index contributed by atoms with van der Waals surface area (Å²) in [4.78, 5) is 38.4. The summed E-state index contributed by atoms with van der Waals surface area (Å²) >= 11 is 5.99. The lowest BCUT2D eigenvalue weighted by Gasteiger charge is -2.46. The molecular weight excluding hydrogens is 608 g/mol.